The summed E-state index contributed by atoms with van der Waals surface area (Å²) in [6.45, 7) is 8.11. The molecule has 0 saturated carbocycles. The lowest BCUT2D eigenvalue weighted by molar-refractivity contribution is 0.222. The molecule has 0 radical (unpaired) electrons. The van der Waals surface area contributed by atoms with Crippen LogP contribution in [0, 0.1) is 11.8 Å². The molecule has 2 aromatic carbocycles. The van der Waals surface area contributed by atoms with Crippen LogP contribution in [0.5, 0.6) is 5.75 Å². The summed E-state index contributed by atoms with van der Waals surface area (Å²) in [5.74, 6) is 1.52. The molecule has 3 rings (SSSR count). The first-order valence-electron chi connectivity index (χ1n) is 9.08. The molecule has 2 aromatic rings. The highest BCUT2D eigenvalue weighted by atomic mass is 32.2. The van der Waals surface area contributed by atoms with Gasteiger partial charge in [0.05, 0.1) is 11.5 Å². The minimum absolute atomic E-state index is 0.383. The molecule has 0 bridgehead atoms. The Kier molecular flexibility index (Phi) is 5.35. The number of benzene rings is 2. The Morgan fingerprint density at radius 1 is 1.04 bits per heavy atom. The second-order valence-corrected chi connectivity index (χ2v) is 9.13. The summed E-state index contributed by atoms with van der Waals surface area (Å²) in [6, 6.07) is 11.1. The minimum atomic E-state index is -3.51. The average molecular weight is 362 g/mol. The standard InChI is InChI=1S/C20H27NO3S/c1-4-11-24-19-9-10-20(18-8-6-5-7-17(18)19)25(22,23)21-13-15(2)12-16(3)14-21/h5-10,15-16H,4,11-14H2,1-3H3. The minimum Gasteiger partial charge on any atom is -0.493 e. The van der Waals surface area contributed by atoms with Crippen molar-refractivity contribution in [2.24, 2.45) is 11.8 Å². The summed E-state index contributed by atoms with van der Waals surface area (Å²) in [7, 11) is -3.51. The van der Waals surface area contributed by atoms with Crippen LogP contribution in [-0.4, -0.2) is 32.4 Å². The van der Waals surface area contributed by atoms with E-state index in [1.54, 1.807) is 16.4 Å². The highest BCUT2D eigenvalue weighted by Crippen LogP contribution is 2.34. The zero-order chi connectivity index (χ0) is 18.0. The summed E-state index contributed by atoms with van der Waals surface area (Å²) in [5.41, 5.74) is 0. The first-order chi connectivity index (χ1) is 11.9. The molecule has 1 aliphatic rings. The second-order valence-electron chi connectivity index (χ2n) is 7.22. The van der Waals surface area contributed by atoms with Gasteiger partial charge in [0.25, 0.3) is 0 Å². The Balaban J connectivity index is 2.06. The van der Waals surface area contributed by atoms with Crippen molar-refractivity contribution in [3.05, 3.63) is 36.4 Å². The molecule has 0 amide bonds. The largest absolute Gasteiger partial charge is 0.493 e. The van der Waals surface area contributed by atoms with Gasteiger partial charge in [-0.15, -0.1) is 0 Å². The highest BCUT2D eigenvalue weighted by molar-refractivity contribution is 7.89. The number of nitrogens with zero attached hydrogens (tertiary/aromatic N) is 1. The van der Waals surface area contributed by atoms with E-state index in [0.29, 0.717) is 36.4 Å². The van der Waals surface area contributed by atoms with E-state index in [0.717, 1.165) is 29.4 Å². The van der Waals surface area contributed by atoms with E-state index < -0.39 is 10.0 Å². The second kappa shape index (κ2) is 7.34. The predicted molar refractivity (Wildman–Crippen MR) is 101 cm³/mol. The van der Waals surface area contributed by atoms with Gasteiger partial charge in [-0.25, -0.2) is 8.42 Å². The quantitative estimate of drug-likeness (QED) is 0.798. The normalized spacial score (nSPS) is 22.2. The molecule has 2 atom stereocenters. The molecule has 2 unspecified atom stereocenters. The van der Waals surface area contributed by atoms with Crippen LogP contribution in [0.3, 0.4) is 0 Å². The average Bonchev–Trinajstić information content (AvgIpc) is 2.58. The Hall–Kier alpha value is -1.59. The first kappa shape index (κ1) is 18.2. The lowest BCUT2D eigenvalue weighted by Crippen LogP contribution is -2.42. The maximum Gasteiger partial charge on any atom is 0.243 e. The van der Waals surface area contributed by atoms with Crippen molar-refractivity contribution in [2.75, 3.05) is 19.7 Å². The molecule has 0 aliphatic carbocycles. The van der Waals surface area contributed by atoms with Gasteiger partial charge >= 0.3 is 0 Å². The predicted octanol–water partition coefficient (Wildman–Crippen LogP) is 4.30. The lowest BCUT2D eigenvalue weighted by atomic mass is 9.94. The van der Waals surface area contributed by atoms with E-state index in [1.807, 2.05) is 24.3 Å². The van der Waals surface area contributed by atoms with Crippen molar-refractivity contribution in [3.8, 4) is 5.75 Å². The molecular weight excluding hydrogens is 334 g/mol. The number of fused-ring (bicyclic) bond motifs is 1. The smallest absolute Gasteiger partial charge is 0.243 e. The van der Waals surface area contributed by atoms with Gasteiger partial charge in [-0.2, -0.15) is 4.31 Å². The SMILES string of the molecule is CCCOc1ccc(S(=O)(=O)N2CC(C)CC(C)C2)c2ccccc12. The van der Waals surface area contributed by atoms with Crippen LogP contribution < -0.4 is 4.74 Å². The van der Waals surface area contributed by atoms with Crippen molar-refractivity contribution in [3.63, 3.8) is 0 Å². The summed E-state index contributed by atoms with van der Waals surface area (Å²) in [4.78, 5) is 0.383. The van der Waals surface area contributed by atoms with Crippen LogP contribution in [0.2, 0.25) is 0 Å². The maximum absolute atomic E-state index is 13.3. The van der Waals surface area contributed by atoms with Crippen LogP contribution in [0.15, 0.2) is 41.3 Å². The van der Waals surface area contributed by atoms with E-state index in [-0.39, 0.29) is 0 Å². The van der Waals surface area contributed by atoms with Gasteiger partial charge in [0.1, 0.15) is 5.75 Å². The third kappa shape index (κ3) is 3.67. The summed E-state index contributed by atoms with van der Waals surface area (Å²) in [5, 5.41) is 1.59. The van der Waals surface area contributed by atoms with Crippen molar-refractivity contribution in [2.45, 2.75) is 38.5 Å². The summed E-state index contributed by atoms with van der Waals surface area (Å²) < 4.78 is 34.1. The van der Waals surface area contributed by atoms with E-state index in [4.69, 9.17) is 4.74 Å². The molecule has 1 saturated heterocycles. The molecule has 136 valence electrons. The highest BCUT2D eigenvalue weighted by Gasteiger charge is 2.32. The fourth-order valence-electron chi connectivity index (χ4n) is 3.75. The number of ether oxygens (including phenoxy) is 1. The number of hydrogen-bond donors (Lipinski definition) is 0. The third-order valence-corrected chi connectivity index (χ3v) is 6.65. The zero-order valence-corrected chi connectivity index (χ0v) is 16.1. The molecule has 1 heterocycles. The molecular formula is C20H27NO3S. The molecule has 25 heavy (non-hydrogen) atoms. The lowest BCUT2D eigenvalue weighted by Gasteiger charge is -2.34. The molecule has 1 aliphatic heterocycles. The van der Waals surface area contributed by atoms with Crippen molar-refractivity contribution >= 4 is 20.8 Å². The molecule has 0 N–H and O–H groups in total. The van der Waals surface area contributed by atoms with Gasteiger partial charge in [-0.05, 0) is 36.8 Å². The van der Waals surface area contributed by atoms with Gasteiger partial charge in [0, 0.05) is 23.9 Å². The maximum atomic E-state index is 13.3. The van der Waals surface area contributed by atoms with E-state index in [9.17, 15) is 8.42 Å². The number of sulfonamides is 1. The first-order valence-corrected chi connectivity index (χ1v) is 10.5. The third-order valence-electron chi connectivity index (χ3n) is 4.76. The Morgan fingerprint density at radius 2 is 1.68 bits per heavy atom. The zero-order valence-electron chi connectivity index (χ0n) is 15.2. The number of hydrogen-bond acceptors (Lipinski definition) is 3. The molecule has 1 fully saturated rings. The molecule has 5 heteroatoms. The summed E-state index contributed by atoms with van der Waals surface area (Å²) in [6.07, 6.45) is 1.99. The fourth-order valence-corrected chi connectivity index (χ4v) is 5.62. The van der Waals surface area contributed by atoms with Crippen LogP contribution in [0.1, 0.15) is 33.6 Å². The van der Waals surface area contributed by atoms with Gasteiger partial charge in [0.15, 0.2) is 0 Å². The topological polar surface area (TPSA) is 46.6 Å². The van der Waals surface area contributed by atoms with E-state index in [2.05, 4.69) is 20.8 Å². The van der Waals surface area contributed by atoms with Gasteiger partial charge in [-0.3, -0.25) is 0 Å². The Bertz CT molecular complexity index is 837. The van der Waals surface area contributed by atoms with Crippen LogP contribution in [0.4, 0.5) is 0 Å². The molecule has 0 spiro atoms. The Morgan fingerprint density at radius 3 is 2.32 bits per heavy atom. The Labute approximate surface area is 150 Å². The molecule has 4 nitrogen and oxygen atoms in total. The van der Waals surface area contributed by atoms with Crippen molar-refractivity contribution < 1.29 is 13.2 Å². The van der Waals surface area contributed by atoms with Gasteiger partial charge in [-0.1, -0.05) is 45.0 Å². The van der Waals surface area contributed by atoms with Crippen LogP contribution >= 0.6 is 0 Å². The van der Waals surface area contributed by atoms with Crippen LogP contribution in [0.25, 0.3) is 10.8 Å². The van der Waals surface area contributed by atoms with E-state index >= 15 is 0 Å². The van der Waals surface area contributed by atoms with Crippen molar-refractivity contribution in [1.82, 2.24) is 4.31 Å². The fraction of sp³-hybridized carbons (Fsp3) is 0.500. The van der Waals surface area contributed by atoms with Gasteiger partial charge < -0.3 is 4.74 Å². The van der Waals surface area contributed by atoms with Crippen molar-refractivity contribution in [1.29, 1.82) is 0 Å². The molecule has 0 aromatic heterocycles. The van der Waals surface area contributed by atoms with Crippen LogP contribution in [-0.2, 0) is 10.0 Å². The van der Waals surface area contributed by atoms with Gasteiger partial charge in [0.2, 0.25) is 10.0 Å². The summed E-state index contributed by atoms with van der Waals surface area (Å²) >= 11 is 0. The number of piperidine rings is 1. The number of rotatable bonds is 5. The van der Waals surface area contributed by atoms with E-state index in [1.165, 1.54) is 0 Å². The monoisotopic (exact) mass is 361 g/mol.